The number of ether oxygens (including phenoxy) is 2. The van der Waals surface area contributed by atoms with Gasteiger partial charge >= 0.3 is 0 Å². The Bertz CT molecular complexity index is 636. The van der Waals surface area contributed by atoms with E-state index in [0.29, 0.717) is 19.3 Å². The molecule has 0 bridgehead atoms. The maximum absolute atomic E-state index is 6.18. The van der Waals surface area contributed by atoms with Crippen molar-refractivity contribution in [3.8, 4) is 11.5 Å². The summed E-state index contributed by atoms with van der Waals surface area (Å²) in [5.41, 5.74) is 2.34. The third-order valence-corrected chi connectivity index (χ3v) is 4.77. The van der Waals surface area contributed by atoms with E-state index in [1.165, 1.54) is 43.2 Å². The lowest BCUT2D eigenvalue weighted by Gasteiger charge is -2.24. The molecule has 0 spiro atoms. The largest absolute Gasteiger partial charge is 0.490 e. The van der Waals surface area contributed by atoms with Gasteiger partial charge in [-0.05, 0) is 31.4 Å². The van der Waals surface area contributed by atoms with Gasteiger partial charge in [-0.15, -0.1) is 0 Å². The zero-order valence-electron chi connectivity index (χ0n) is 15.2. The molecule has 1 aliphatic carbocycles. The van der Waals surface area contributed by atoms with Crippen LogP contribution in [0.4, 0.5) is 0 Å². The molecule has 1 N–H and O–H groups in total. The highest BCUT2D eigenvalue weighted by atomic mass is 16.5. The van der Waals surface area contributed by atoms with E-state index >= 15 is 0 Å². The third-order valence-electron chi connectivity index (χ3n) is 4.77. The number of benzene rings is 2. The van der Waals surface area contributed by atoms with Crippen LogP contribution in [0, 0.1) is 0 Å². The second kappa shape index (κ2) is 9.47. The summed E-state index contributed by atoms with van der Waals surface area (Å²) in [5, 5.41) is 3.71. The van der Waals surface area contributed by atoms with E-state index in [4.69, 9.17) is 9.47 Å². The zero-order valence-corrected chi connectivity index (χ0v) is 15.2. The molecule has 0 aliphatic heterocycles. The molecule has 0 saturated heterocycles. The van der Waals surface area contributed by atoms with Gasteiger partial charge in [0.2, 0.25) is 0 Å². The first kappa shape index (κ1) is 17.8. The van der Waals surface area contributed by atoms with E-state index in [0.717, 1.165) is 18.0 Å². The van der Waals surface area contributed by atoms with Crippen LogP contribution in [0.15, 0.2) is 48.5 Å². The highest BCUT2D eigenvalue weighted by Crippen LogP contribution is 2.32. The van der Waals surface area contributed by atoms with Crippen molar-refractivity contribution in [2.45, 2.75) is 58.2 Å². The van der Waals surface area contributed by atoms with Gasteiger partial charge in [0.15, 0.2) is 11.5 Å². The highest BCUT2D eigenvalue weighted by Gasteiger charge is 2.15. The van der Waals surface area contributed by atoms with Gasteiger partial charge in [0, 0.05) is 18.2 Å². The normalized spacial score (nSPS) is 15.1. The van der Waals surface area contributed by atoms with Crippen molar-refractivity contribution < 1.29 is 9.47 Å². The van der Waals surface area contributed by atoms with Gasteiger partial charge in [-0.2, -0.15) is 0 Å². The molecule has 0 heterocycles. The molecule has 0 aromatic heterocycles. The van der Waals surface area contributed by atoms with E-state index in [-0.39, 0.29) is 0 Å². The summed E-state index contributed by atoms with van der Waals surface area (Å²) in [4.78, 5) is 0. The fourth-order valence-corrected chi connectivity index (χ4v) is 3.42. The van der Waals surface area contributed by atoms with Crippen molar-refractivity contribution in [3.05, 3.63) is 59.7 Å². The molecule has 1 fully saturated rings. The summed E-state index contributed by atoms with van der Waals surface area (Å²) in [6.07, 6.45) is 6.63. The molecule has 3 rings (SSSR count). The van der Waals surface area contributed by atoms with Crippen LogP contribution in [-0.2, 0) is 13.2 Å². The van der Waals surface area contributed by atoms with Gasteiger partial charge in [0.1, 0.15) is 6.61 Å². The van der Waals surface area contributed by atoms with Gasteiger partial charge in [-0.3, -0.25) is 0 Å². The van der Waals surface area contributed by atoms with Crippen molar-refractivity contribution in [1.29, 1.82) is 0 Å². The van der Waals surface area contributed by atoms with Gasteiger partial charge in [0.25, 0.3) is 0 Å². The molecule has 0 amide bonds. The number of hydrogen-bond acceptors (Lipinski definition) is 3. The first-order valence-corrected chi connectivity index (χ1v) is 9.51. The molecule has 0 radical (unpaired) electrons. The molecule has 0 unspecified atom stereocenters. The summed E-state index contributed by atoms with van der Waals surface area (Å²) in [6, 6.07) is 17.1. The molecule has 1 saturated carbocycles. The van der Waals surface area contributed by atoms with Crippen LogP contribution in [0.25, 0.3) is 0 Å². The first-order chi connectivity index (χ1) is 12.4. The van der Waals surface area contributed by atoms with E-state index in [1.807, 2.05) is 31.2 Å². The first-order valence-electron chi connectivity index (χ1n) is 9.51. The number of para-hydroxylation sites is 1. The van der Waals surface area contributed by atoms with Crippen molar-refractivity contribution in [3.63, 3.8) is 0 Å². The van der Waals surface area contributed by atoms with E-state index in [2.05, 4.69) is 29.6 Å². The molecule has 25 heavy (non-hydrogen) atoms. The topological polar surface area (TPSA) is 30.5 Å². The average molecular weight is 339 g/mol. The van der Waals surface area contributed by atoms with Crippen LogP contribution in [0.3, 0.4) is 0 Å². The Labute approximate surface area is 151 Å². The van der Waals surface area contributed by atoms with Crippen LogP contribution in [0.5, 0.6) is 11.5 Å². The predicted octanol–water partition coefficient (Wildman–Crippen LogP) is 5.09. The van der Waals surface area contributed by atoms with Crippen LogP contribution in [-0.4, -0.2) is 12.6 Å². The fraction of sp³-hybridized carbons (Fsp3) is 0.455. The highest BCUT2D eigenvalue weighted by molar-refractivity contribution is 5.46. The zero-order chi connectivity index (χ0) is 17.3. The minimum Gasteiger partial charge on any atom is -0.490 e. The van der Waals surface area contributed by atoms with Crippen LogP contribution in [0.2, 0.25) is 0 Å². The second-order valence-corrected chi connectivity index (χ2v) is 6.67. The Morgan fingerprint density at radius 3 is 2.48 bits per heavy atom. The molecular weight excluding hydrogens is 310 g/mol. The van der Waals surface area contributed by atoms with E-state index in [9.17, 15) is 0 Å². The van der Waals surface area contributed by atoms with Crippen molar-refractivity contribution in [2.75, 3.05) is 6.61 Å². The standard InChI is InChI=1S/C22H29NO2/c1-2-24-21-15-9-12-19(16-23-20-13-7-4-8-14-20)22(21)25-17-18-10-5-3-6-11-18/h3,5-6,9-12,15,20,23H,2,4,7-8,13-14,16-17H2,1H3. The monoisotopic (exact) mass is 339 g/mol. The molecule has 2 aromatic rings. The average Bonchev–Trinajstić information content (AvgIpc) is 2.67. The van der Waals surface area contributed by atoms with Gasteiger partial charge in [-0.1, -0.05) is 61.7 Å². The predicted molar refractivity (Wildman–Crippen MR) is 102 cm³/mol. The van der Waals surface area contributed by atoms with Crippen LogP contribution < -0.4 is 14.8 Å². The summed E-state index contributed by atoms with van der Waals surface area (Å²) < 4.78 is 12.0. The Morgan fingerprint density at radius 2 is 1.72 bits per heavy atom. The lowest BCUT2D eigenvalue weighted by molar-refractivity contribution is 0.265. The summed E-state index contributed by atoms with van der Waals surface area (Å²) in [7, 11) is 0. The maximum atomic E-state index is 6.18. The Balaban J connectivity index is 1.70. The van der Waals surface area contributed by atoms with Crippen LogP contribution >= 0.6 is 0 Å². The molecule has 1 aliphatic rings. The molecule has 0 atom stereocenters. The lowest BCUT2D eigenvalue weighted by Crippen LogP contribution is -2.30. The Kier molecular flexibility index (Phi) is 6.75. The number of nitrogens with one attached hydrogen (secondary N) is 1. The Hall–Kier alpha value is -2.00. The van der Waals surface area contributed by atoms with Crippen molar-refractivity contribution >= 4 is 0 Å². The molecule has 134 valence electrons. The van der Waals surface area contributed by atoms with Gasteiger partial charge in [0.05, 0.1) is 6.61 Å². The Morgan fingerprint density at radius 1 is 0.920 bits per heavy atom. The van der Waals surface area contributed by atoms with Gasteiger partial charge < -0.3 is 14.8 Å². The summed E-state index contributed by atoms with van der Waals surface area (Å²) in [6.45, 7) is 4.03. The molecule has 3 nitrogen and oxygen atoms in total. The van der Waals surface area contributed by atoms with E-state index < -0.39 is 0 Å². The minimum atomic E-state index is 0.557. The second-order valence-electron chi connectivity index (χ2n) is 6.67. The lowest BCUT2D eigenvalue weighted by atomic mass is 9.95. The molecular formula is C22H29NO2. The summed E-state index contributed by atoms with van der Waals surface area (Å²) >= 11 is 0. The van der Waals surface area contributed by atoms with Crippen molar-refractivity contribution in [1.82, 2.24) is 5.32 Å². The third kappa shape index (κ3) is 5.23. The SMILES string of the molecule is CCOc1cccc(CNC2CCCCC2)c1OCc1ccccc1. The van der Waals surface area contributed by atoms with Crippen LogP contribution in [0.1, 0.15) is 50.2 Å². The van der Waals surface area contributed by atoms with E-state index in [1.54, 1.807) is 0 Å². The fourth-order valence-electron chi connectivity index (χ4n) is 3.42. The minimum absolute atomic E-state index is 0.557. The number of hydrogen-bond donors (Lipinski definition) is 1. The quantitative estimate of drug-likeness (QED) is 0.727. The summed E-state index contributed by atoms with van der Waals surface area (Å²) in [5.74, 6) is 1.71. The molecule has 2 aromatic carbocycles. The maximum Gasteiger partial charge on any atom is 0.166 e. The van der Waals surface area contributed by atoms with Crippen molar-refractivity contribution in [2.24, 2.45) is 0 Å². The smallest absolute Gasteiger partial charge is 0.166 e. The van der Waals surface area contributed by atoms with Gasteiger partial charge in [-0.25, -0.2) is 0 Å². The molecule has 3 heteroatoms. The number of rotatable bonds is 8.